The Labute approximate surface area is 131 Å². The highest BCUT2D eigenvalue weighted by Crippen LogP contribution is 2.26. The van der Waals surface area contributed by atoms with Crippen LogP contribution in [-0.2, 0) is 11.3 Å². The summed E-state index contributed by atoms with van der Waals surface area (Å²) >= 11 is 0. The maximum Gasteiger partial charge on any atom is 0.226 e. The highest BCUT2D eigenvalue weighted by molar-refractivity contribution is 5.91. The van der Waals surface area contributed by atoms with E-state index in [0.29, 0.717) is 24.6 Å². The first-order valence-corrected chi connectivity index (χ1v) is 7.64. The second kappa shape index (κ2) is 7.59. The number of rotatable bonds is 7. The predicted octanol–water partition coefficient (Wildman–Crippen LogP) is 3.84. The maximum absolute atomic E-state index is 12.2. The summed E-state index contributed by atoms with van der Waals surface area (Å²) in [6.07, 6.45) is 3.98. The van der Waals surface area contributed by atoms with Crippen LogP contribution in [-0.4, -0.2) is 16.8 Å². The molecule has 1 unspecified atom stereocenters. The highest BCUT2D eigenvalue weighted by Gasteiger charge is 2.11. The van der Waals surface area contributed by atoms with Gasteiger partial charge in [-0.05, 0) is 36.1 Å². The Hall–Kier alpha value is -2.36. The van der Waals surface area contributed by atoms with Gasteiger partial charge in [0.05, 0.1) is 5.69 Å². The molecule has 0 aliphatic rings. The molecule has 4 nitrogen and oxygen atoms in total. The minimum atomic E-state index is -0.0405. The second-order valence-electron chi connectivity index (χ2n) is 5.44. The molecule has 0 bridgehead atoms. The second-order valence-corrected chi connectivity index (χ2v) is 5.44. The average Bonchev–Trinajstić information content (AvgIpc) is 3.00. The van der Waals surface area contributed by atoms with Gasteiger partial charge in [0, 0.05) is 24.8 Å². The van der Waals surface area contributed by atoms with Crippen molar-refractivity contribution in [2.75, 3.05) is 5.32 Å². The first kappa shape index (κ1) is 16.0. The lowest BCUT2D eigenvalue weighted by Gasteiger charge is -2.15. The third kappa shape index (κ3) is 3.85. The Kier molecular flexibility index (Phi) is 5.53. The van der Waals surface area contributed by atoms with Crippen LogP contribution in [0.5, 0.6) is 0 Å². The molecule has 1 amide bonds. The molecule has 0 fully saturated rings. The van der Waals surface area contributed by atoms with E-state index in [9.17, 15) is 9.59 Å². The maximum atomic E-state index is 12.2. The molecule has 1 aromatic heterocycles. The summed E-state index contributed by atoms with van der Waals surface area (Å²) in [6, 6.07) is 11.5. The summed E-state index contributed by atoms with van der Waals surface area (Å²) < 4.78 is 1.78. The molecule has 2 aromatic rings. The zero-order chi connectivity index (χ0) is 15.9. The monoisotopic (exact) mass is 298 g/mol. The van der Waals surface area contributed by atoms with Gasteiger partial charge >= 0.3 is 0 Å². The van der Waals surface area contributed by atoms with Gasteiger partial charge in [-0.15, -0.1) is 0 Å². The molecule has 22 heavy (non-hydrogen) atoms. The summed E-state index contributed by atoms with van der Waals surface area (Å²) in [6.45, 7) is 4.79. The fourth-order valence-corrected chi connectivity index (χ4v) is 2.43. The molecular formula is C18H22N2O2. The van der Waals surface area contributed by atoms with E-state index in [4.69, 9.17) is 0 Å². The number of amides is 1. The topological polar surface area (TPSA) is 51.1 Å². The van der Waals surface area contributed by atoms with Gasteiger partial charge in [0.2, 0.25) is 5.91 Å². The van der Waals surface area contributed by atoms with Gasteiger partial charge in [0.25, 0.3) is 0 Å². The number of hydrogen-bond acceptors (Lipinski definition) is 2. The number of para-hydroxylation sites is 1. The number of hydrogen-bond donors (Lipinski definition) is 1. The average molecular weight is 298 g/mol. The van der Waals surface area contributed by atoms with Crippen molar-refractivity contribution in [2.24, 2.45) is 0 Å². The molecule has 0 spiro atoms. The van der Waals surface area contributed by atoms with Crippen molar-refractivity contribution in [2.45, 2.75) is 39.2 Å². The Morgan fingerprint density at radius 1 is 1.27 bits per heavy atom. The molecule has 0 aliphatic heterocycles. The molecule has 4 heteroatoms. The molecule has 0 radical (unpaired) electrons. The van der Waals surface area contributed by atoms with Crippen molar-refractivity contribution in [3.05, 3.63) is 53.9 Å². The van der Waals surface area contributed by atoms with Crippen molar-refractivity contribution >= 4 is 17.9 Å². The van der Waals surface area contributed by atoms with Crippen LogP contribution in [0.4, 0.5) is 5.69 Å². The molecule has 0 saturated carbocycles. The number of carbonyl (C=O) groups excluding carboxylic acids is 2. The molecule has 1 N–H and O–H groups in total. The lowest BCUT2D eigenvalue weighted by atomic mass is 9.97. The number of nitrogens with zero attached hydrogens (tertiary/aromatic N) is 1. The fourth-order valence-electron chi connectivity index (χ4n) is 2.43. The predicted molar refractivity (Wildman–Crippen MR) is 88.2 cm³/mol. The molecule has 2 rings (SSSR count). The van der Waals surface area contributed by atoms with Crippen molar-refractivity contribution in [1.82, 2.24) is 4.57 Å². The van der Waals surface area contributed by atoms with Gasteiger partial charge in [-0.2, -0.15) is 0 Å². The van der Waals surface area contributed by atoms with E-state index in [-0.39, 0.29) is 5.91 Å². The first-order chi connectivity index (χ1) is 10.7. The van der Waals surface area contributed by atoms with Gasteiger partial charge in [-0.25, -0.2) is 0 Å². The van der Waals surface area contributed by atoms with Gasteiger partial charge in [0.1, 0.15) is 0 Å². The van der Waals surface area contributed by atoms with E-state index < -0.39 is 0 Å². The van der Waals surface area contributed by atoms with Crippen LogP contribution in [0.3, 0.4) is 0 Å². The van der Waals surface area contributed by atoms with Crippen LogP contribution in [0.15, 0.2) is 42.6 Å². The minimum absolute atomic E-state index is 0.0405. The molecule has 1 aromatic carbocycles. The summed E-state index contributed by atoms with van der Waals surface area (Å²) in [7, 11) is 0. The van der Waals surface area contributed by atoms with Crippen LogP contribution < -0.4 is 5.32 Å². The van der Waals surface area contributed by atoms with E-state index in [1.165, 1.54) is 0 Å². The Morgan fingerprint density at radius 2 is 2.05 bits per heavy atom. The van der Waals surface area contributed by atoms with Crippen molar-refractivity contribution in [1.29, 1.82) is 0 Å². The Morgan fingerprint density at radius 3 is 2.77 bits per heavy atom. The number of aldehydes is 1. The molecule has 1 heterocycles. The van der Waals surface area contributed by atoms with Crippen molar-refractivity contribution in [3.8, 4) is 0 Å². The van der Waals surface area contributed by atoms with Crippen LogP contribution >= 0.6 is 0 Å². The van der Waals surface area contributed by atoms with Gasteiger partial charge in [0.15, 0.2) is 6.29 Å². The largest absolute Gasteiger partial charge is 0.345 e. The van der Waals surface area contributed by atoms with E-state index >= 15 is 0 Å². The smallest absolute Gasteiger partial charge is 0.226 e. The lowest BCUT2D eigenvalue weighted by molar-refractivity contribution is -0.116. The van der Waals surface area contributed by atoms with Gasteiger partial charge in [-0.1, -0.05) is 32.0 Å². The minimum Gasteiger partial charge on any atom is -0.345 e. The summed E-state index contributed by atoms with van der Waals surface area (Å²) in [5, 5.41) is 2.99. The summed E-state index contributed by atoms with van der Waals surface area (Å²) in [5.41, 5.74) is 2.63. The highest BCUT2D eigenvalue weighted by atomic mass is 16.1. The number of anilines is 1. The van der Waals surface area contributed by atoms with Crippen LogP contribution in [0, 0.1) is 0 Å². The van der Waals surface area contributed by atoms with E-state index in [2.05, 4.69) is 25.2 Å². The Balaban J connectivity index is 1.99. The molecule has 0 saturated heterocycles. The molecular weight excluding hydrogens is 276 g/mol. The SMILES string of the molecule is CCC(C)c1ccccc1NC(=O)CCn1cccc1C=O. The number of nitrogens with one attached hydrogen (secondary N) is 1. The normalized spacial score (nSPS) is 11.9. The van der Waals surface area contributed by atoms with E-state index in [1.807, 2.05) is 24.4 Å². The van der Waals surface area contributed by atoms with Crippen molar-refractivity contribution < 1.29 is 9.59 Å². The summed E-state index contributed by atoms with van der Waals surface area (Å²) in [4.78, 5) is 23.0. The van der Waals surface area contributed by atoms with Gasteiger partial charge < -0.3 is 9.88 Å². The van der Waals surface area contributed by atoms with Crippen molar-refractivity contribution in [3.63, 3.8) is 0 Å². The van der Waals surface area contributed by atoms with Gasteiger partial charge in [-0.3, -0.25) is 9.59 Å². The van der Waals surface area contributed by atoms with E-state index in [1.54, 1.807) is 16.7 Å². The van der Waals surface area contributed by atoms with E-state index in [0.717, 1.165) is 24.0 Å². The molecule has 0 aliphatic carbocycles. The lowest BCUT2D eigenvalue weighted by Crippen LogP contribution is -2.16. The van der Waals surface area contributed by atoms with Crippen LogP contribution in [0.25, 0.3) is 0 Å². The number of aryl methyl sites for hydroxylation is 1. The van der Waals surface area contributed by atoms with Crippen LogP contribution in [0.2, 0.25) is 0 Å². The number of carbonyl (C=O) groups is 2. The zero-order valence-electron chi connectivity index (χ0n) is 13.1. The first-order valence-electron chi connectivity index (χ1n) is 7.64. The third-order valence-electron chi connectivity index (χ3n) is 3.94. The summed E-state index contributed by atoms with van der Waals surface area (Å²) in [5.74, 6) is 0.365. The number of benzene rings is 1. The molecule has 1 atom stereocenters. The molecule has 116 valence electrons. The zero-order valence-corrected chi connectivity index (χ0v) is 13.1. The quantitative estimate of drug-likeness (QED) is 0.789. The standard InChI is InChI=1S/C18H22N2O2/c1-3-14(2)16-8-4-5-9-17(16)19-18(22)10-12-20-11-6-7-15(20)13-21/h4-9,11,13-14H,3,10,12H2,1-2H3,(H,19,22). The Bertz CT molecular complexity index is 646. The third-order valence-corrected chi connectivity index (χ3v) is 3.94. The fraction of sp³-hybridized carbons (Fsp3) is 0.333. The van der Waals surface area contributed by atoms with Crippen LogP contribution in [0.1, 0.15) is 48.7 Å². The number of aromatic nitrogens is 1.